The van der Waals surface area contributed by atoms with Crippen LogP contribution in [0.1, 0.15) is 44.1 Å². The molecule has 1 aromatic heterocycles. The Hall–Kier alpha value is -2.06. The average molecular weight is 379 g/mol. The molecule has 0 unspecified atom stereocenters. The quantitative estimate of drug-likeness (QED) is 0.521. The van der Waals surface area contributed by atoms with Gasteiger partial charge in [-0.05, 0) is 85.4 Å². The van der Waals surface area contributed by atoms with Crippen LogP contribution in [0.2, 0.25) is 5.02 Å². The fourth-order valence-corrected chi connectivity index (χ4v) is 4.47. The molecule has 0 saturated heterocycles. The second-order valence-corrected chi connectivity index (χ2v) is 8.37. The van der Waals surface area contributed by atoms with Crippen molar-refractivity contribution in [3.63, 3.8) is 0 Å². The molecule has 0 aliphatic heterocycles. The summed E-state index contributed by atoms with van der Waals surface area (Å²) in [5.74, 6) is 2.14. The van der Waals surface area contributed by atoms with Crippen LogP contribution in [-0.2, 0) is 0 Å². The van der Waals surface area contributed by atoms with Gasteiger partial charge in [-0.15, -0.1) is 0 Å². The molecule has 2 aromatic carbocycles. The third-order valence-corrected chi connectivity index (χ3v) is 6.38. The minimum atomic E-state index is 0.662. The normalized spacial score (nSPS) is 21.1. The number of hydrogen-bond donors (Lipinski definition) is 1. The van der Waals surface area contributed by atoms with E-state index in [9.17, 15) is 0 Å². The minimum absolute atomic E-state index is 0.662. The molecule has 27 heavy (non-hydrogen) atoms. The van der Waals surface area contributed by atoms with Crippen molar-refractivity contribution in [3.8, 4) is 0 Å². The number of fused-ring (bicyclic) bond motifs is 1. The molecule has 0 amide bonds. The predicted molar refractivity (Wildman–Crippen MR) is 116 cm³/mol. The summed E-state index contributed by atoms with van der Waals surface area (Å²) >= 11 is 5.96. The molecule has 0 bridgehead atoms. The number of halogens is 1. The molecule has 1 atom stereocenters. The molecule has 1 saturated carbocycles. The van der Waals surface area contributed by atoms with Gasteiger partial charge in [0.15, 0.2) is 0 Å². The molecule has 140 valence electrons. The van der Waals surface area contributed by atoms with E-state index >= 15 is 0 Å². The zero-order chi connectivity index (χ0) is 18.6. The van der Waals surface area contributed by atoms with E-state index in [1.54, 1.807) is 0 Å². The van der Waals surface area contributed by atoms with Crippen molar-refractivity contribution >= 4 is 28.2 Å². The molecule has 3 heteroatoms. The Bertz CT molecular complexity index is 882. The highest BCUT2D eigenvalue weighted by Crippen LogP contribution is 2.39. The number of para-hydroxylation sites is 1. The van der Waals surface area contributed by atoms with Gasteiger partial charge in [0.25, 0.3) is 0 Å². The lowest BCUT2D eigenvalue weighted by Crippen LogP contribution is -2.24. The summed E-state index contributed by atoms with van der Waals surface area (Å²) in [6, 6.07) is 18.7. The molecular weight excluding hydrogens is 352 g/mol. The van der Waals surface area contributed by atoms with E-state index in [0.29, 0.717) is 11.8 Å². The maximum absolute atomic E-state index is 5.96. The van der Waals surface area contributed by atoms with Gasteiger partial charge in [-0.3, -0.25) is 4.98 Å². The molecule has 4 rings (SSSR count). The molecule has 2 nitrogen and oxygen atoms in total. The predicted octanol–water partition coefficient (Wildman–Crippen LogP) is 6.91. The second-order valence-electron chi connectivity index (χ2n) is 7.94. The summed E-state index contributed by atoms with van der Waals surface area (Å²) < 4.78 is 0. The summed E-state index contributed by atoms with van der Waals surface area (Å²) in [4.78, 5) is 4.66. The fraction of sp³-hybridized carbons (Fsp3) is 0.375. The van der Waals surface area contributed by atoms with Crippen molar-refractivity contribution in [1.82, 2.24) is 4.98 Å². The van der Waals surface area contributed by atoms with Crippen molar-refractivity contribution < 1.29 is 0 Å². The van der Waals surface area contributed by atoms with Crippen molar-refractivity contribution in [1.29, 1.82) is 0 Å². The average Bonchev–Trinajstić information content (AvgIpc) is 2.73. The second kappa shape index (κ2) is 8.31. The lowest BCUT2D eigenvalue weighted by atomic mass is 9.74. The van der Waals surface area contributed by atoms with Gasteiger partial charge in [0, 0.05) is 28.8 Å². The van der Waals surface area contributed by atoms with Crippen LogP contribution in [0.25, 0.3) is 10.9 Å². The van der Waals surface area contributed by atoms with Crippen molar-refractivity contribution in [3.05, 3.63) is 71.4 Å². The van der Waals surface area contributed by atoms with Gasteiger partial charge in [0.2, 0.25) is 0 Å². The van der Waals surface area contributed by atoms with Crippen LogP contribution >= 0.6 is 11.6 Å². The molecular formula is C24H27ClN2. The highest BCUT2D eigenvalue weighted by molar-refractivity contribution is 6.30. The first-order chi connectivity index (χ1) is 13.2. The van der Waals surface area contributed by atoms with Gasteiger partial charge < -0.3 is 5.32 Å². The molecule has 1 aliphatic rings. The lowest BCUT2D eigenvalue weighted by molar-refractivity contribution is 0.253. The number of nitrogens with one attached hydrogen (secondary N) is 1. The molecule has 0 radical (unpaired) electrons. The zero-order valence-electron chi connectivity index (χ0n) is 15.9. The van der Waals surface area contributed by atoms with E-state index in [4.69, 9.17) is 11.6 Å². The van der Waals surface area contributed by atoms with Gasteiger partial charge in [-0.1, -0.05) is 36.7 Å². The molecule has 0 spiro atoms. The van der Waals surface area contributed by atoms with Crippen LogP contribution in [0, 0.1) is 11.8 Å². The van der Waals surface area contributed by atoms with Gasteiger partial charge in [-0.2, -0.15) is 0 Å². The van der Waals surface area contributed by atoms with Crippen LogP contribution in [0.3, 0.4) is 0 Å². The van der Waals surface area contributed by atoms with Gasteiger partial charge in [-0.25, -0.2) is 0 Å². The maximum atomic E-state index is 5.96. The summed E-state index contributed by atoms with van der Waals surface area (Å²) in [6.45, 7) is 3.40. The van der Waals surface area contributed by atoms with E-state index in [2.05, 4.69) is 65.9 Å². The Morgan fingerprint density at radius 1 is 1.04 bits per heavy atom. The number of nitrogens with zero attached hydrogens (tertiary/aromatic N) is 1. The first kappa shape index (κ1) is 18.3. The topological polar surface area (TPSA) is 24.9 Å². The minimum Gasteiger partial charge on any atom is -0.385 e. The first-order valence-corrected chi connectivity index (χ1v) is 10.4. The molecule has 1 N–H and O–H groups in total. The molecule has 1 heterocycles. The van der Waals surface area contributed by atoms with Crippen LogP contribution < -0.4 is 5.32 Å². The van der Waals surface area contributed by atoms with E-state index in [-0.39, 0.29) is 0 Å². The number of pyridine rings is 1. The fourth-order valence-electron chi connectivity index (χ4n) is 4.35. The Kier molecular flexibility index (Phi) is 5.63. The standard InChI is InChI=1S/C24H27ClN2/c1-17(15-26-23-12-10-22(25)11-13-23)18-6-8-19(9-7-18)21-14-20-4-2-3-5-24(20)27-16-21/h2-5,10-14,16-19,26H,6-9,15H2,1H3/t17-,18?,19?/m1/s1. The van der Waals surface area contributed by atoms with Crippen LogP contribution in [-0.4, -0.2) is 11.5 Å². The van der Waals surface area contributed by atoms with E-state index < -0.39 is 0 Å². The SMILES string of the molecule is C[C@H](CNc1ccc(Cl)cc1)C1CCC(c2cnc3ccccc3c2)CC1. The van der Waals surface area contributed by atoms with Crippen LogP contribution in [0.4, 0.5) is 5.69 Å². The number of anilines is 1. The molecule has 1 fully saturated rings. The summed E-state index contributed by atoms with van der Waals surface area (Å²) in [6.07, 6.45) is 7.26. The number of hydrogen-bond acceptors (Lipinski definition) is 2. The monoisotopic (exact) mass is 378 g/mol. The van der Waals surface area contributed by atoms with E-state index in [0.717, 1.165) is 28.7 Å². The number of aromatic nitrogens is 1. The highest BCUT2D eigenvalue weighted by Gasteiger charge is 2.26. The van der Waals surface area contributed by atoms with Crippen molar-refractivity contribution in [2.45, 2.75) is 38.5 Å². The van der Waals surface area contributed by atoms with Gasteiger partial charge in [0.1, 0.15) is 0 Å². The Balaban J connectivity index is 1.31. The van der Waals surface area contributed by atoms with Gasteiger partial charge >= 0.3 is 0 Å². The summed E-state index contributed by atoms with van der Waals surface area (Å²) in [7, 11) is 0. The van der Waals surface area contributed by atoms with Crippen LogP contribution in [0.15, 0.2) is 60.8 Å². The smallest absolute Gasteiger partial charge is 0.0702 e. The molecule has 3 aromatic rings. The van der Waals surface area contributed by atoms with Crippen LogP contribution in [0.5, 0.6) is 0 Å². The highest BCUT2D eigenvalue weighted by atomic mass is 35.5. The van der Waals surface area contributed by atoms with E-state index in [1.807, 2.05) is 12.1 Å². The number of rotatable bonds is 5. The largest absolute Gasteiger partial charge is 0.385 e. The first-order valence-electron chi connectivity index (χ1n) is 10.0. The zero-order valence-corrected chi connectivity index (χ0v) is 16.6. The number of benzene rings is 2. The maximum Gasteiger partial charge on any atom is 0.0702 e. The Labute approximate surface area is 167 Å². The molecule has 1 aliphatic carbocycles. The summed E-state index contributed by atoms with van der Waals surface area (Å²) in [5, 5.41) is 5.61. The van der Waals surface area contributed by atoms with Crippen molar-refractivity contribution in [2.24, 2.45) is 11.8 Å². The third-order valence-electron chi connectivity index (χ3n) is 6.13. The Morgan fingerprint density at radius 2 is 1.78 bits per heavy atom. The van der Waals surface area contributed by atoms with Gasteiger partial charge in [0.05, 0.1) is 5.52 Å². The Morgan fingerprint density at radius 3 is 2.56 bits per heavy atom. The lowest BCUT2D eigenvalue weighted by Gasteiger charge is -2.32. The van der Waals surface area contributed by atoms with E-state index in [1.165, 1.54) is 36.6 Å². The summed E-state index contributed by atoms with van der Waals surface area (Å²) in [5.41, 5.74) is 3.66. The third kappa shape index (κ3) is 4.44. The van der Waals surface area contributed by atoms with Crippen molar-refractivity contribution in [2.75, 3.05) is 11.9 Å².